The highest BCUT2D eigenvalue weighted by atomic mass is 32.2. The zero-order valence-electron chi connectivity index (χ0n) is 10.6. The largest absolute Gasteiger partial charge is 0.360 e. The number of hydrogen-bond donors (Lipinski definition) is 1. The molecule has 0 aromatic carbocycles. The summed E-state index contributed by atoms with van der Waals surface area (Å²) in [6, 6.07) is 1.75. The van der Waals surface area contributed by atoms with Crippen molar-refractivity contribution in [2.75, 3.05) is 0 Å². The van der Waals surface area contributed by atoms with E-state index in [-0.39, 0.29) is 16.3 Å². The van der Waals surface area contributed by atoms with Crippen LogP contribution in [0.1, 0.15) is 26.7 Å². The summed E-state index contributed by atoms with van der Waals surface area (Å²) in [7, 11) is -3.97. The number of carbonyl (C=O) groups excluding carboxylic acids is 1. The van der Waals surface area contributed by atoms with Crippen molar-refractivity contribution in [1.29, 1.82) is 0 Å². The number of thiophene rings is 1. The van der Waals surface area contributed by atoms with E-state index >= 15 is 0 Å². The molecule has 0 spiro atoms. The minimum absolute atomic E-state index is 0.0879. The summed E-state index contributed by atoms with van der Waals surface area (Å²) < 4.78 is 31.1. The summed E-state index contributed by atoms with van der Waals surface area (Å²) >= 11 is 1.19. The SMILES string of the molecule is Cc1ccsc1C(=O)NS(=O)(=O)c1c(C)noc1C. The molecule has 0 radical (unpaired) electrons. The molecule has 0 atom stereocenters. The number of carbonyl (C=O) groups is 1. The van der Waals surface area contributed by atoms with E-state index in [1.165, 1.54) is 25.2 Å². The molecule has 1 N–H and O–H groups in total. The van der Waals surface area contributed by atoms with Crippen LogP contribution in [0.4, 0.5) is 0 Å². The maximum absolute atomic E-state index is 12.1. The summed E-state index contributed by atoms with van der Waals surface area (Å²) in [4.78, 5) is 12.2. The molecule has 0 saturated heterocycles. The molecular weight excluding hydrogens is 288 g/mol. The maximum Gasteiger partial charge on any atom is 0.275 e. The topological polar surface area (TPSA) is 89.3 Å². The van der Waals surface area contributed by atoms with Crippen molar-refractivity contribution >= 4 is 27.3 Å². The monoisotopic (exact) mass is 300 g/mol. The molecule has 2 aromatic rings. The lowest BCUT2D eigenvalue weighted by Gasteiger charge is -2.05. The first kappa shape index (κ1) is 13.8. The van der Waals surface area contributed by atoms with Crippen molar-refractivity contribution < 1.29 is 17.7 Å². The Morgan fingerprint density at radius 3 is 2.53 bits per heavy atom. The fourth-order valence-electron chi connectivity index (χ4n) is 1.68. The van der Waals surface area contributed by atoms with Crippen LogP contribution < -0.4 is 4.72 Å². The quantitative estimate of drug-likeness (QED) is 0.933. The molecule has 0 fully saturated rings. The molecule has 0 bridgehead atoms. The molecule has 0 aliphatic heterocycles. The predicted octanol–water partition coefficient (Wildman–Crippen LogP) is 1.78. The van der Waals surface area contributed by atoms with Gasteiger partial charge in [-0.3, -0.25) is 4.79 Å². The van der Waals surface area contributed by atoms with Crippen LogP contribution in [-0.4, -0.2) is 19.5 Å². The van der Waals surface area contributed by atoms with Gasteiger partial charge in [0.2, 0.25) is 0 Å². The first-order chi connectivity index (χ1) is 8.83. The Morgan fingerprint density at radius 2 is 2.05 bits per heavy atom. The average Bonchev–Trinajstić information content (AvgIpc) is 2.84. The van der Waals surface area contributed by atoms with Gasteiger partial charge in [-0.1, -0.05) is 5.16 Å². The van der Waals surface area contributed by atoms with Gasteiger partial charge in [0, 0.05) is 0 Å². The van der Waals surface area contributed by atoms with Crippen LogP contribution in [0.2, 0.25) is 0 Å². The number of aryl methyl sites for hydroxylation is 3. The Hall–Kier alpha value is -1.67. The second-order valence-electron chi connectivity index (χ2n) is 4.02. The number of aromatic nitrogens is 1. The normalized spacial score (nSPS) is 11.5. The van der Waals surface area contributed by atoms with Gasteiger partial charge in [-0.05, 0) is 37.8 Å². The molecule has 102 valence electrons. The molecule has 0 aliphatic carbocycles. The summed E-state index contributed by atoms with van der Waals surface area (Å²) in [5.74, 6) is -0.492. The first-order valence-corrected chi connectivity index (χ1v) is 7.73. The molecular formula is C11H12N2O4S2. The van der Waals surface area contributed by atoms with Crippen molar-refractivity contribution in [3.05, 3.63) is 33.3 Å². The Kier molecular flexibility index (Phi) is 3.46. The van der Waals surface area contributed by atoms with Gasteiger partial charge in [0.15, 0.2) is 10.7 Å². The molecule has 1 amide bonds. The summed E-state index contributed by atoms with van der Waals surface area (Å²) in [5, 5.41) is 5.30. The minimum atomic E-state index is -3.97. The molecule has 0 saturated carbocycles. The van der Waals surface area contributed by atoms with Crippen molar-refractivity contribution in [3.8, 4) is 0 Å². The smallest absolute Gasteiger partial charge is 0.275 e. The fraction of sp³-hybridized carbons (Fsp3) is 0.273. The summed E-state index contributed by atoms with van der Waals surface area (Å²) in [6.45, 7) is 4.73. The minimum Gasteiger partial charge on any atom is -0.360 e. The Balaban J connectivity index is 2.33. The van der Waals surface area contributed by atoms with Crippen LogP contribution in [0, 0.1) is 20.8 Å². The number of nitrogens with zero attached hydrogens (tertiary/aromatic N) is 1. The molecule has 6 nitrogen and oxygen atoms in total. The average molecular weight is 300 g/mol. The van der Waals surface area contributed by atoms with Gasteiger partial charge in [-0.25, -0.2) is 13.1 Å². The fourth-order valence-corrected chi connectivity index (χ4v) is 3.86. The zero-order chi connectivity index (χ0) is 14.2. The molecule has 8 heteroatoms. The van der Waals surface area contributed by atoms with E-state index in [2.05, 4.69) is 5.16 Å². The van der Waals surface area contributed by atoms with Gasteiger partial charge in [0.1, 0.15) is 5.69 Å². The highest BCUT2D eigenvalue weighted by Crippen LogP contribution is 2.20. The second kappa shape index (κ2) is 4.78. The number of sulfonamides is 1. The lowest BCUT2D eigenvalue weighted by Crippen LogP contribution is -2.31. The van der Waals surface area contributed by atoms with E-state index in [9.17, 15) is 13.2 Å². The molecule has 2 heterocycles. The predicted molar refractivity (Wildman–Crippen MR) is 69.7 cm³/mol. The number of nitrogens with one attached hydrogen (secondary N) is 1. The maximum atomic E-state index is 12.1. The van der Waals surface area contributed by atoms with Gasteiger partial charge >= 0.3 is 0 Å². The number of amides is 1. The second-order valence-corrected chi connectivity index (χ2v) is 6.56. The third kappa shape index (κ3) is 2.54. The van der Waals surface area contributed by atoms with E-state index in [0.717, 1.165) is 5.56 Å². The molecule has 19 heavy (non-hydrogen) atoms. The molecule has 2 rings (SSSR count). The Bertz CT molecular complexity index is 708. The number of rotatable bonds is 3. The third-order valence-corrected chi connectivity index (χ3v) is 5.12. The van der Waals surface area contributed by atoms with E-state index < -0.39 is 15.9 Å². The van der Waals surface area contributed by atoms with Crippen molar-refractivity contribution in [1.82, 2.24) is 9.88 Å². The summed E-state index contributed by atoms with van der Waals surface area (Å²) in [5.41, 5.74) is 0.956. The van der Waals surface area contributed by atoms with Crippen LogP contribution in [-0.2, 0) is 10.0 Å². The van der Waals surface area contributed by atoms with E-state index in [1.807, 2.05) is 4.72 Å². The highest BCUT2D eigenvalue weighted by Gasteiger charge is 2.27. The standard InChI is InChI=1S/C11H12N2O4S2/c1-6-4-5-18-9(6)11(14)13-19(15,16)10-7(2)12-17-8(10)3/h4-5H,1-3H3,(H,13,14). The third-order valence-electron chi connectivity index (χ3n) is 2.53. The Labute approximate surface area is 114 Å². The van der Waals surface area contributed by atoms with Crippen LogP contribution in [0.3, 0.4) is 0 Å². The van der Waals surface area contributed by atoms with Crippen LogP contribution in [0.25, 0.3) is 0 Å². The van der Waals surface area contributed by atoms with Gasteiger partial charge in [-0.15, -0.1) is 11.3 Å². The lowest BCUT2D eigenvalue weighted by molar-refractivity contribution is 0.0985. The summed E-state index contributed by atoms with van der Waals surface area (Å²) in [6.07, 6.45) is 0. The lowest BCUT2D eigenvalue weighted by atomic mass is 10.3. The van der Waals surface area contributed by atoms with Crippen LogP contribution in [0.5, 0.6) is 0 Å². The van der Waals surface area contributed by atoms with Crippen LogP contribution in [0.15, 0.2) is 20.9 Å². The Morgan fingerprint density at radius 1 is 1.37 bits per heavy atom. The van der Waals surface area contributed by atoms with Gasteiger partial charge in [0.05, 0.1) is 4.88 Å². The zero-order valence-corrected chi connectivity index (χ0v) is 12.2. The van der Waals surface area contributed by atoms with Crippen molar-refractivity contribution in [2.45, 2.75) is 25.7 Å². The van der Waals surface area contributed by atoms with E-state index in [0.29, 0.717) is 4.88 Å². The van der Waals surface area contributed by atoms with Crippen LogP contribution >= 0.6 is 11.3 Å². The van der Waals surface area contributed by atoms with Gasteiger partial charge < -0.3 is 4.52 Å². The van der Waals surface area contributed by atoms with Gasteiger partial charge in [-0.2, -0.15) is 0 Å². The van der Waals surface area contributed by atoms with E-state index in [4.69, 9.17) is 4.52 Å². The number of hydrogen-bond acceptors (Lipinski definition) is 6. The first-order valence-electron chi connectivity index (χ1n) is 5.37. The molecule has 2 aromatic heterocycles. The van der Waals surface area contributed by atoms with E-state index in [1.54, 1.807) is 18.4 Å². The highest BCUT2D eigenvalue weighted by molar-refractivity contribution is 7.90. The van der Waals surface area contributed by atoms with Crippen molar-refractivity contribution in [2.24, 2.45) is 0 Å². The molecule has 0 unspecified atom stereocenters. The van der Waals surface area contributed by atoms with Crippen molar-refractivity contribution in [3.63, 3.8) is 0 Å². The van der Waals surface area contributed by atoms with Gasteiger partial charge in [0.25, 0.3) is 15.9 Å². The molecule has 0 aliphatic rings.